The lowest BCUT2D eigenvalue weighted by atomic mass is 10.0. The lowest BCUT2D eigenvalue weighted by Crippen LogP contribution is -2.06. The van der Waals surface area contributed by atoms with E-state index in [4.69, 9.17) is 9.47 Å². The van der Waals surface area contributed by atoms with Crippen molar-refractivity contribution < 1.29 is 19.4 Å². The molecule has 0 radical (unpaired) electrons. The number of aryl methyl sites for hydroxylation is 1. The number of rotatable bonds is 8. The molecule has 28 heavy (non-hydrogen) atoms. The Morgan fingerprint density at radius 1 is 1.07 bits per heavy atom. The summed E-state index contributed by atoms with van der Waals surface area (Å²) >= 11 is 0. The van der Waals surface area contributed by atoms with Crippen molar-refractivity contribution in [2.24, 2.45) is 0 Å². The maximum absolute atomic E-state index is 11.5. The normalized spacial score (nSPS) is 10.5. The summed E-state index contributed by atoms with van der Waals surface area (Å²) in [6.45, 7) is 2.43. The second-order valence-corrected chi connectivity index (χ2v) is 6.38. The van der Waals surface area contributed by atoms with Crippen LogP contribution in [0.15, 0.2) is 60.7 Å². The fourth-order valence-corrected chi connectivity index (χ4v) is 2.97. The van der Waals surface area contributed by atoms with Gasteiger partial charge in [0, 0.05) is 5.56 Å². The number of aromatic carboxylic acids is 1. The number of aromatic nitrogens is 1. The van der Waals surface area contributed by atoms with Crippen LogP contribution in [0.4, 0.5) is 0 Å². The van der Waals surface area contributed by atoms with Gasteiger partial charge in [-0.15, -0.1) is 0 Å². The van der Waals surface area contributed by atoms with Crippen LogP contribution in [0.5, 0.6) is 11.5 Å². The molecule has 0 aliphatic rings. The molecule has 0 bridgehead atoms. The van der Waals surface area contributed by atoms with Crippen molar-refractivity contribution in [1.82, 2.24) is 4.98 Å². The quantitative estimate of drug-likeness (QED) is 0.599. The molecule has 0 atom stereocenters. The molecule has 0 saturated heterocycles. The molecule has 3 rings (SSSR count). The van der Waals surface area contributed by atoms with E-state index in [-0.39, 0.29) is 5.56 Å². The van der Waals surface area contributed by atoms with Gasteiger partial charge in [-0.2, -0.15) is 0 Å². The maximum Gasteiger partial charge on any atom is 0.337 e. The average molecular weight is 377 g/mol. The zero-order chi connectivity index (χ0) is 19.9. The van der Waals surface area contributed by atoms with Gasteiger partial charge in [-0.1, -0.05) is 43.7 Å². The highest BCUT2D eigenvalue weighted by molar-refractivity contribution is 5.89. The Labute approximate surface area is 164 Å². The lowest BCUT2D eigenvalue weighted by molar-refractivity contribution is 0.0695. The fourth-order valence-electron chi connectivity index (χ4n) is 2.97. The Hall–Kier alpha value is -3.34. The van der Waals surface area contributed by atoms with Gasteiger partial charge in [-0.3, -0.25) is 4.98 Å². The Balaban J connectivity index is 1.99. The second-order valence-electron chi connectivity index (χ2n) is 6.38. The molecular weight excluding hydrogens is 354 g/mol. The van der Waals surface area contributed by atoms with Gasteiger partial charge in [-0.05, 0) is 42.3 Å². The van der Waals surface area contributed by atoms with Crippen LogP contribution >= 0.6 is 0 Å². The number of hydrogen-bond donors (Lipinski definition) is 1. The highest BCUT2D eigenvalue weighted by Crippen LogP contribution is 2.33. The molecule has 5 heteroatoms. The van der Waals surface area contributed by atoms with Crippen LogP contribution in [0.3, 0.4) is 0 Å². The molecule has 1 N–H and O–H groups in total. The predicted octanol–water partition coefficient (Wildman–Crippen LogP) is 4.99. The molecule has 1 aromatic heterocycles. The number of benzene rings is 2. The van der Waals surface area contributed by atoms with E-state index >= 15 is 0 Å². The molecule has 5 nitrogen and oxygen atoms in total. The van der Waals surface area contributed by atoms with Gasteiger partial charge in [0.05, 0.1) is 24.1 Å². The van der Waals surface area contributed by atoms with E-state index in [9.17, 15) is 9.90 Å². The molecular formula is C23H23NO4. The first-order valence-electron chi connectivity index (χ1n) is 9.20. The number of ether oxygens (including phenoxy) is 2. The molecule has 0 amide bonds. The monoisotopic (exact) mass is 377 g/mol. The number of pyridine rings is 1. The van der Waals surface area contributed by atoms with E-state index in [2.05, 4.69) is 4.98 Å². The summed E-state index contributed by atoms with van der Waals surface area (Å²) in [4.78, 5) is 16.1. The van der Waals surface area contributed by atoms with Crippen molar-refractivity contribution in [3.63, 3.8) is 0 Å². The molecule has 2 aromatic carbocycles. The molecule has 0 aliphatic heterocycles. The van der Waals surface area contributed by atoms with E-state index in [1.165, 1.54) is 0 Å². The van der Waals surface area contributed by atoms with E-state index in [0.717, 1.165) is 17.5 Å². The summed E-state index contributed by atoms with van der Waals surface area (Å²) in [5.41, 5.74) is 3.30. The molecule has 144 valence electrons. The second kappa shape index (κ2) is 9.04. The third-order valence-electron chi connectivity index (χ3n) is 4.39. The number of methoxy groups -OCH3 is 1. The van der Waals surface area contributed by atoms with Crippen molar-refractivity contribution in [2.75, 3.05) is 7.11 Å². The van der Waals surface area contributed by atoms with Crippen LogP contribution in [-0.4, -0.2) is 23.2 Å². The zero-order valence-electron chi connectivity index (χ0n) is 16.0. The minimum Gasteiger partial charge on any atom is -0.497 e. The Kier molecular flexibility index (Phi) is 6.27. The molecule has 1 heterocycles. The fraction of sp³-hybridized carbons (Fsp3) is 0.217. The zero-order valence-corrected chi connectivity index (χ0v) is 16.0. The number of carboxylic acid groups (broad SMARTS) is 1. The maximum atomic E-state index is 11.5. The smallest absolute Gasteiger partial charge is 0.337 e. The first-order valence-corrected chi connectivity index (χ1v) is 9.20. The van der Waals surface area contributed by atoms with Crippen molar-refractivity contribution in [3.05, 3.63) is 77.5 Å². The van der Waals surface area contributed by atoms with Crippen molar-refractivity contribution in [1.29, 1.82) is 0 Å². The molecule has 0 fully saturated rings. The summed E-state index contributed by atoms with van der Waals surface area (Å²) in [5.74, 6) is 0.389. The molecule has 3 aromatic rings. The SMILES string of the molecule is CCCc1nc(-c2cc(OC)ccc2OCc2ccccc2)ccc1C(=O)O. The standard InChI is InChI=1S/C23H23NO4/c1-3-7-20-18(23(25)26)11-12-21(24-20)19-14-17(27-2)10-13-22(19)28-15-16-8-5-4-6-9-16/h4-6,8-14H,3,7,15H2,1-2H3,(H,25,26). The average Bonchev–Trinajstić information content (AvgIpc) is 2.73. The van der Waals surface area contributed by atoms with Crippen molar-refractivity contribution in [3.8, 4) is 22.8 Å². The van der Waals surface area contributed by atoms with E-state index in [1.807, 2.05) is 55.5 Å². The largest absolute Gasteiger partial charge is 0.497 e. The van der Waals surface area contributed by atoms with Gasteiger partial charge >= 0.3 is 5.97 Å². The first kappa shape index (κ1) is 19.4. The van der Waals surface area contributed by atoms with Crippen LogP contribution < -0.4 is 9.47 Å². The minimum absolute atomic E-state index is 0.236. The van der Waals surface area contributed by atoms with Crippen LogP contribution in [0.25, 0.3) is 11.3 Å². The van der Waals surface area contributed by atoms with Gasteiger partial charge in [0.25, 0.3) is 0 Å². The van der Waals surface area contributed by atoms with Gasteiger partial charge in [-0.25, -0.2) is 4.79 Å². The number of carbonyl (C=O) groups is 1. The van der Waals surface area contributed by atoms with E-state index in [1.54, 1.807) is 19.2 Å². The number of nitrogens with zero attached hydrogens (tertiary/aromatic N) is 1. The third kappa shape index (κ3) is 4.49. The van der Waals surface area contributed by atoms with Crippen LogP contribution in [0, 0.1) is 0 Å². The lowest BCUT2D eigenvalue weighted by Gasteiger charge is -2.14. The Morgan fingerprint density at radius 3 is 2.54 bits per heavy atom. The van der Waals surface area contributed by atoms with Crippen molar-refractivity contribution >= 4 is 5.97 Å². The highest BCUT2D eigenvalue weighted by Gasteiger charge is 2.16. The summed E-state index contributed by atoms with van der Waals surface area (Å²) in [5, 5.41) is 9.42. The Bertz CT molecular complexity index is 954. The predicted molar refractivity (Wildman–Crippen MR) is 108 cm³/mol. The molecule has 0 saturated carbocycles. The molecule has 0 aliphatic carbocycles. The molecule has 0 spiro atoms. The van der Waals surface area contributed by atoms with Gasteiger partial charge < -0.3 is 14.6 Å². The van der Waals surface area contributed by atoms with Crippen LogP contribution in [0.1, 0.15) is 35.0 Å². The summed E-state index contributed by atoms with van der Waals surface area (Å²) in [6.07, 6.45) is 1.41. The van der Waals surface area contributed by atoms with Crippen molar-refractivity contribution in [2.45, 2.75) is 26.4 Å². The Morgan fingerprint density at radius 2 is 1.86 bits per heavy atom. The third-order valence-corrected chi connectivity index (χ3v) is 4.39. The summed E-state index contributed by atoms with van der Waals surface area (Å²) in [6, 6.07) is 18.8. The topological polar surface area (TPSA) is 68.7 Å². The summed E-state index contributed by atoms with van der Waals surface area (Å²) < 4.78 is 11.4. The number of carboxylic acids is 1. The highest BCUT2D eigenvalue weighted by atomic mass is 16.5. The first-order chi connectivity index (χ1) is 13.6. The van der Waals surface area contributed by atoms with Gasteiger partial charge in [0.1, 0.15) is 18.1 Å². The van der Waals surface area contributed by atoms with Crippen LogP contribution in [0.2, 0.25) is 0 Å². The van der Waals surface area contributed by atoms with Crippen LogP contribution in [-0.2, 0) is 13.0 Å². The summed E-state index contributed by atoms with van der Waals surface area (Å²) in [7, 11) is 1.60. The molecule has 0 unspecified atom stereocenters. The minimum atomic E-state index is -0.964. The number of hydrogen-bond acceptors (Lipinski definition) is 4. The van der Waals surface area contributed by atoms with E-state index in [0.29, 0.717) is 35.9 Å². The van der Waals surface area contributed by atoms with Gasteiger partial charge in [0.15, 0.2) is 0 Å². The van der Waals surface area contributed by atoms with E-state index < -0.39 is 5.97 Å². The van der Waals surface area contributed by atoms with Gasteiger partial charge in [0.2, 0.25) is 0 Å².